The van der Waals surface area contributed by atoms with E-state index in [9.17, 15) is 36.6 Å². The number of rotatable bonds is 10. The van der Waals surface area contributed by atoms with Crippen LogP contribution in [0.5, 0.6) is 11.5 Å². The molecule has 1 heterocycles. The number of sulfone groups is 1. The zero-order chi connectivity index (χ0) is 39.2. The van der Waals surface area contributed by atoms with Crippen molar-refractivity contribution in [3.05, 3.63) is 125 Å². The molecule has 6 rings (SSSR count). The summed E-state index contributed by atoms with van der Waals surface area (Å²) in [5, 5.41) is 50.3. The maximum atomic E-state index is 12.5. The molecule has 0 atom stereocenters. The van der Waals surface area contributed by atoms with Gasteiger partial charge in [-0.2, -0.15) is 5.11 Å². The Morgan fingerprint density at radius 1 is 0.839 bits per heavy atom. The number of nitrogens with one attached hydrogen (secondary N) is 1. The van der Waals surface area contributed by atoms with Gasteiger partial charge >= 0.3 is 35.5 Å². The van der Waals surface area contributed by atoms with Crippen molar-refractivity contribution in [1.29, 1.82) is 0 Å². The van der Waals surface area contributed by atoms with Crippen molar-refractivity contribution >= 4 is 65.0 Å². The van der Waals surface area contributed by atoms with Crippen molar-refractivity contribution in [2.24, 2.45) is 20.5 Å². The molecule has 0 fully saturated rings. The Hall–Kier alpha value is -5.13. The first-order valence-electron chi connectivity index (χ1n) is 15.9. The van der Waals surface area contributed by atoms with Crippen molar-refractivity contribution in [1.82, 2.24) is 9.78 Å². The van der Waals surface area contributed by atoms with E-state index in [0.717, 1.165) is 6.26 Å². The number of fused-ring (bicyclic) bond motifs is 1. The fourth-order valence-corrected chi connectivity index (χ4v) is 6.45. The summed E-state index contributed by atoms with van der Waals surface area (Å²) in [6.07, 6.45) is 0.994. The largest absolute Gasteiger partial charge is 1.00 e. The predicted octanol–water partition coefficient (Wildman–Crippen LogP) is 4.21. The van der Waals surface area contributed by atoms with Gasteiger partial charge in [-0.25, -0.2) is 31.4 Å². The smallest absolute Gasteiger partial charge is 0.506 e. The van der Waals surface area contributed by atoms with Crippen LogP contribution in [0.4, 0.5) is 28.4 Å². The van der Waals surface area contributed by atoms with E-state index >= 15 is 0 Å². The third kappa shape index (κ3) is 10.8. The monoisotopic (exact) mass is 845 g/mol. The minimum Gasteiger partial charge on any atom is -0.506 e. The zero-order valence-corrected chi connectivity index (χ0v) is 35.1. The summed E-state index contributed by atoms with van der Waals surface area (Å²) in [6, 6.07) is 26.6. The first kappa shape index (κ1) is 45.3. The number of sulfonamides is 1. The van der Waals surface area contributed by atoms with Crippen LogP contribution in [-0.2, 0) is 37.2 Å². The summed E-state index contributed by atoms with van der Waals surface area (Å²) in [4.78, 5) is 23.6. The molecule has 0 saturated carbocycles. The van der Waals surface area contributed by atoms with Gasteiger partial charge in [0, 0.05) is 22.7 Å². The Labute approximate surface area is 354 Å². The Kier molecular flexibility index (Phi) is 15.5. The predicted molar refractivity (Wildman–Crippen MR) is 202 cm³/mol. The van der Waals surface area contributed by atoms with Crippen molar-refractivity contribution < 1.29 is 83.9 Å². The Bertz CT molecular complexity index is 2720. The van der Waals surface area contributed by atoms with Gasteiger partial charge in [0.15, 0.2) is 9.84 Å². The first-order chi connectivity index (χ1) is 25.6. The van der Waals surface area contributed by atoms with Gasteiger partial charge in [0.05, 0.1) is 39.5 Å². The summed E-state index contributed by atoms with van der Waals surface area (Å²) < 4.78 is 51.2. The number of azo groups is 2. The van der Waals surface area contributed by atoms with Gasteiger partial charge in [0.25, 0.3) is 0 Å². The van der Waals surface area contributed by atoms with E-state index in [4.69, 9.17) is 5.11 Å². The second kappa shape index (κ2) is 19.1. The normalized spacial score (nSPS) is 11.4. The third-order valence-electron chi connectivity index (χ3n) is 7.62. The van der Waals surface area contributed by atoms with Crippen LogP contribution >= 0.6 is 0 Å². The molecule has 0 aliphatic carbocycles. The van der Waals surface area contributed by atoms with Gasteiger partial charge in [0.1, 0.15) is 28.4 Å². The number of carboxylic acid groups (broad SMARTS) is 1. The van der Waals surface area contributed by atoms with Gasteiger partial charge in [-0.15, -0.1) is 15.9 Å². The second-order valence-electron chi connectivity index (χ2n) is 11.5. The van der Waals surface area contributed by atoms with Crippen LogP contribution in [0.2, 0.25) is 0 Å². The SMILES string of the molecule is CCS(=O)(=O)c1ccc(O)c(N=Nc2c(O)ccc3cccc(NS(C)(=O)=O)c23)c1.Cc1nn(-c2ccccc2)c(=O)[c-]1N=Nc1ccccc1C(=O)O.[Cr].[Na+]. The molecule has 5 aromatic carbocycles. The first-order valence-corrected chi connectivity index (χ1v) is 19.4. The molecule has 0 radical (unpaired) electrons. The molecular formula is C36H32CrN7NaO9S2. The fraction of sp³-hybridized carbons (Fsp3) is 0.111. The van der Waals surface area contributed by atoms with E-state index in [0.29, 0.717) is 22.2 Å². The average molecular weight is 846 g/mol. The van der Waals surface area contributed by atoms with E-state index in [2.05, 4.69) is 30.3 Å². The van der Waals surface area contributed by atoms with E-state index in [1.54, 1.807) is 61.5 Å². The maximum absolute atomic E-state index is 12.5. The quantitative estimate of drug-likeness (QED) is 0.0870. The number of aromatic hydroxyl groups is 2. The van der Waals surface area contributed by atoms with E-state index in [1.807, 2.05) is 6.07 Å². The molecule has 1 aromatic heterocycles. The van der Waals surface area contributed by atoms with E-state index in [-0.39, 0.29) is 103 Å². The van der Waals surface area contributed by atoms with E-state index in [1.165, 1.54) is 54.1 Å². The molecule has 0 saturated heterocycles. The molecular weight excluding hydrogens is 814 g/mol. The molecule has 4 N–H and O–H groups in total. The van der Waals surface area contributed by atoms with Gasteiger partial charge in [-0.05, 0) is 60.0 Å². The number of hydrogen-bond acceptors (Lipinski definition) is 13. The van der Waals surface area contributed by atoms with Crippen molar-refractivity contribution in [3.8, 4) is 17.2 Å². The molecule has 56 heavy (non-hydrogen) atoms. The van der Waals surface area contributed by atoms with Crippen LogP contribution in [0.15, 0.2) is 133 Å². The number of phenols is 2. The molecule has 284 valence electrons. The van der Waals surface area contributed by atoms with Gasteiger partial charge in [0.2, 0.25) is 10.0 Å². The maximum Gasteiger partial charge on any atom is 1.00 e. The Morgan fingerprint density at radius 3 is 2.16 bits per heavy atom. The van der Waals surface area contributed by atoms with Crippen LogP contribution in [0.1, 0.15) is 23.0 Å². The number of aromatic nitrogens is 2. The molecule has 6 aromatic rings. The van der Waals surface area contributed by atoms with Gasteiger partial charge in [-0.3, -0.25) is 4.72 Å². The van der Waals surface area contributed by atoms with Crippen molar-refractivity contribution in [3.63, 3.8) is 0 Å². The van der Waals surface area contributed by atoms with Crippen LogP contribution in [0, 0.1) is 6.92 Å². The summed E-state index contributed by atoms with van der Waals surface area (Å²) >= 11 is 0. The van der Waals surface area contributed by atoms with Crippen LogP contribution in [0.25, 0.3) is 16.5 Å². The molecule has 0 aliphatic heterocycles. The number of phenolic OH excluding ortho intramolecular Hbond substituents is 2. The molecule has 16 nitrogen and oxygen atoms in total. The fourth-order valence-electron chi connectivity index (χ4n) is 4.99. The summed E-state index contributed by atoms with van der Waals surface area (Å²) in [5.41, 5.74) is 0.939. The average Bonchev–Trinajstić information content (AvgIpc) is 3.43. The van der Waals surface area contributed by atoms with Crippen LogP contribution in [-0.4, -0.2) is 59.9 Å². The Morgan fingerprint density at radius 2 is 1.50 bits per heavy atom. The molecule has 0 aliphatic rings. The molecule has 0 amide bonds. The van der Waals surface area contributed by atoms with Gasteiger partial charge in [-0.1, -0.05) is 68.1 Å². The van der Waals surface area contributed by atoms with E-state index < -0.39 is 31.4 Å². The minimum absolute atomic E-state index is 0. The van der Waals surface area contributed by atoms with Gasteiger partial charge < -0.3 is 25.2 Å². The number of para-hydroxylation sites is 1. The van der Waals surface area contributed by atoms with Crippen LogP contribution < -0.4 is 39.8 Å². The molecule has 0 unspecified atom stereocenters. The number of aryl methyl sites for hydroxylation is 1. The molecule has 0 spiro atoms. The number of hydrogen-bond donors (Lipinski definition) is 4. The number of aromatic carboxylic acids is 1. The number of nitrogens with zero attached hydrogens (tertiary/aromatic N) is 6. The number of anilines is 1. The third-order valence-corrected chi connectivity index (χ3v) is 9.94. The number of carbonyl (C=O) groups is 1. The zero-order valence-electron chi connectivity index (χ0n) is 30.2. The summed E-state index contributed by atoms with van der Waals surface area (Å²) in [6.45, 7) is 3.14. The number of benzene rings is 5. The molecule has 20 heteroatoms. The van der Waals surface area contributed by atoms with Crippen molar-refractivity contribution in [2.45, 2.75) is 18.7 Å². The minimum atomic E-state index is -3.61. The standard InChI is InChI=1S/C19H19N3O6S2.C17H13N4O3.Cr.Na/c1-3-30(27,28)13-8-10-16(23)15(11-13)20-21-19-17(24)9-7-12-5-4-6-14(18(12)19)22-29(2,25)26;1-11-15(16(22)21(20-11)12-7-3-2-4-8-12)19-18-14-10-6-5-9-13(14)17(23)24;;/h4-11,22-24H,3H2,1-2H3;2-10H,1H3,(H,23,24);;/q;-1;;+1. The summed E-state index contributed by atoms with van der Waals surface area (Å²) in [5.74, 6) is -1.81. The van der Waals surface area contributed by atoms with Crippen LogP contribution in [0.3, 0.4) is 0 Å². The topological polar surface area (TPSA) is 242 Å². The second-order valence-corrected chi connectivity index (χ2v) is 15.5. The molecule has 0 bridgehead atoms. The van der Waals surface area contributed by atoms with Crippen molar-refractivity contribution in [2.75, 3.05) is 16.7 Å². The Balaban J connectivity index is 0.000000296. The number of carboxylic acids is 1. The summed E-state index contributed by atoms with van der Waals surface area (Å²) in [7, 11) is -7.14.